The lowest BCUT2D eigenvalue weighted by molar-refractivity contribution is -0.143. The highest BCUT2D eigenvalue weighted by atomic mass is 79.9. The average Bonchev–Trinajstić information content (AvgIpc) is 2.13. The van der Waals surface area contributed by atoms with Gasteiger partial charge in [0.1, 0.15) is 0 Å². The molecular formula is C11H11BrF3NO2. The van der Waals surface area contributed by atoms with E-state index < -0.39 is 29.8 Å². The lowest BCUT2D eigenvalue weighted by Gasteiger charge is -2.15. The summed E-state index contributed by atoms with van der Waals surface area (Å²) < 4.78 is 43.5. The van der Waals surface area contributed by atoms with Crippen molar-refractivity contribution in [2.24, 2.45) is 0 Å². The molecule has 0 atom stereocenters. The van der Waals surface area contributed by atoms with Gasteiger partial charge in [-0.2, -0.15) is 13.2 Å². The van der Waals surface area contributed by atoms with Crippen LogP contribution in [0.15, 0.2) is 16.6 Å². The van der Waals surface area contributed by atoms with E-state index in [4.69, 9.17) is 5.73 Å². The molecule has 0 aromatic heterocycles. The van der Waals surface area contributed by atoms with Crippen LogP contribution in [0.3, 0.4) is 0 Å². The maximum absolute atomic E-state index is 12.8. The molecule has 0 aliphatic heterocycles. The van der Waals surface area contributed by atoms with E-state index in [0.29, 0.717) is 4.47 Å². The topological polar surface area (TPSA) is 52.3 Å². The molecule has 2 N–H and O–H groups in total. The fourth-order valence-corrected chi connectivity index (χ4v) is 2.06. The maximum Gasteiger partial charge on any atom is 0.418 e. The van der Waals surface area contributed by atoms with Gasteiger partial charge in [-0.1, -0.05) is 15.9 Å². The van der Waals surface area contributed by atoms with Crippen LogP contribution >= 0.6 is 15.9 Å². The number of esters is 1. The summed E-state index contributed by atoms with van der Waals surface area (Å²) in [5, 5.41) is 0. The largest absolute Gasteiger partial charge is 0.466 e. The van der Waals surface area contributed by atoms with Gasteiger partial charge in [-0.15, -0.1) is 0 Å². The first-order valence-corrected chi connectivity index (χ1v) is 5.85. The Balaban J connectivity index is 3.20. The normalized spacial score (nSPS) is 11.4. The molecule has 0 saturated carbocycles. The molecule has 100 valence electrons. The molecule has 0 unspecified atom stereocenters. The average molecular weight is 326 g/mol. The summed E-state index contributed by atoms with van der Waals surface area (Å²) in [6, 6.07) is 2.37. The zero-order valence-electron chi connectivity index (χ0n) is 9.47. The van der Waals surface area contributed by atoms with Gasteiger partial charge >= 0.3 is 12.1 Å². The minimum atomic E-state index is -4.60. The first-order chi connectivity index (χ1) is 8.25. The van der Waals surface area contributed by atoms with Crippen LogP contribution in [0, 0.1) is 0 Å². The van der Waals surface area contributed by atoms with Crippen LogP contribution in [0.25, 0.3) is 0 Å². The zero-order valence-corrected chi connectivity index (χ0v) is 11.1. The van der Waals surface area contributed by atoms with Gasteiger partial charge in [0.25, 0.3) is 0 Å². The number of anilines is 1. The number of carbonyl (C=O) groups excluding carboxylic acids is 1. The number of ether oxygens (including phenoxy) is 1. The number of hydrogen-bond donors (Lipinski definition) is 1. The zero-order chi connectivity index (χ0) is 13.9. The Kier molecular flexibility index (Phi) is 4.61. The van der Waals surface area contributed by atoms with Crippen molar-refractivity contribution in [3.8, 4) is 0 Å². The van der Waals surface area contributed by atoms with Crippen LogP contribution in [-0.4, -0.2) is 12.6 Å². The molecule has 0 fully saturated rings. The molecule has 1 rings (SSSR count). The molecule has 1 aromatic carbocycles. The first-order valence-electron chi connectivity index (χ1n) is 5.06. The summed E-state index contributed by atoms with van der Waals surface area (Å²) >= 11 is 3.04. The van der Waals surface area contributed by atoms with E-state index in [2.05, 4.69) is 20.7 Å². The molecule has 0 aliphatic carbocycles. The van der Waals surface area contributed by atoms with Crippen molar-refractivity contribution < 1.29 is 22.7 Å². The fourth-order valence-electron chi connectivity index (χ4n) is 1.54. The van der Waals surface area contributed by atoms with Crippen LogP contribution in [0.2, 0.25) is 0 Å². The van der Waals surface area contributed by atoms with Gasteiger partial charge in [0.15, 0.2) is 0 Å². The molecule has 0 saturated heterocycles. The quantitative estimate of drug-likeness (QED) is 0.686. The van der Waals surface area contributed by atoms with E-state index in [0.717, 1.165) is 6.07 Å². The number of nitrogens with two attached hydrogens (primary N) is 1. The SMILES string of the molecule is CCOC(=O)Cc1cc(Br)cc(N)c1C(F)(F)F. The highest BCUT2D eigenvalue weighted by Crippen LogP contribution is 2.38. The van der Waals surface area contributed by atoms with E-state index >= 15 is 0 Å². The van der Waals surface area contributed by atoms with Gasteiger partial charge in [0.05, 0.1) is 18.6 Å². The van der Waals surface area contributed by atoms with E-state index in [1.165, 1.54) is 6.07 Å². The van der Waals surface area contributed by atoms with Gasteiger partial charge < -0.3 is 10.5 Å². The summed E-state index contributed by atoms with van der Waals surface area (Å²) in [7, 11) is 0. The Morgan fingerprint density at radius 1 is 1.44 bits per heavy atom. The van der Waals surface area contributed by atoms with Gasteiger partial charge in [0, 0.05) is 10.2 Å². The number of alkyl halides is 3. The van der Waals surface area contributed by atoms with Crippen molar-refractivity contribution in [2.75, 3.05) is 12.3 Å². The summed E-state index contributed by atoms with van der Waals surface area (Å²) in [6.07, 6.45) is -5.07. The van der Waals surface area contributed by atoms with Crippen LogP contribution in [0.1, 0.15) is 18.1 Å². The lowest BCUT2D eigenvalue weighted by Crippen LogP contribution is -2.16. The molecule has 1 aromatic rings. The molecule has 0 amide bonds. The minimum absolute atomic E-state index is 0.115. The Morgan fingerprint density at radius 2 is 2.06 bits per heavy atom. The summed E-state index contributed by atoms with van der Waals surface area (Å²) in [4.78, 5) is 11.3. The highest BCUT2D eigenvalue weighted by molar-refractivity contribution is 9.10. The molecule has 0 radical (unpaired) electrons. The second kappa shape index (κ2) is 5.60. The second-order valence-corrected chi connectivity index (χ2v) is 4.42. The fraction of sp³-hybridized carbons (Fsp3) is 0.364. The summed E-state index contributed by atoms with van der Waals surface area (Å²) in [6.45, 7) is 1.70. The molecule has 0 bridgehead atoms. The third-order valence-electron chi connectivity index (χ3n) is 2.14. The predicted octanol–water partition coefficient (Wildman–Crippen LogP) is 3.16. The maximum atomic E-state index is 12.8. The number of nitrogen functional groups attached to an aromatic ring is 1. The lowest BCUT2D eigenvalue weighted by atomic mass is 10.0. The van der Waals surface area contributed by atoms with E-state index in [1.54, 1.807) is 6.92 Å². The Morgan fingerprint density at radius 3 is 2.56 bits per heavy atom. The van der Waals surface area contributed by atoms with Crippen molar-refractivity contribution in [3.05, 3.63) is 27.7 Å². The number of hydrogen-bond acceptors (Lipinski definition) is 3. The third-order valence-corrected chi connectivity index (χ3v) is 2.60. The van der Waals surface area contributed by atoms with E-state index in [-0.39, 0.29) is 12.2 Å². The predicted molar refractivity (Wildman–Crippen MR) is 63.9 cm³/mol. The minimum Gasteiger partial charge on any atom is -0.466 e. The van der Waals surface area contributed by atoms with Crippen LogP contribution < -0.4 is 5.73 Å². The molecule has 7 heteroatoms. The number of rotatable bonds is 3. The van der Waals surface area contributed by atoms with Crippen molar-refractivity contribution in [1.82, 2.24) is 0 Å². The van der Waals surface area contributed by atoms with Gasteiger partial charge in [-0.05, 0) is 24.6 Å². The molecule has 0 heterocycles. The summed E-state index contributed by atoms with van der Waals surface area (Å²) in [5.74, 6) is -0.722. The molecule has 3 nitrogen and oxygen atoms in total. The first kappa shape index (κ1) is 14.8. The van der Waals surface area contributed by atoms with Gasteiger partial charge in [-0.3, -0.25) is 4.79 Å². The molecular weight excluding hydrogens is 315 g/mol. The number of benzene rings is 1. The van der Waals surface area contributed by atoms with Crippen LogP contribution in [0.5, 0.6) is 0 Å². The van der Waals surface area contributed by atoms with Crippen LogP contribution in [0.4, 0.5) is 18.9 Å². The number of halogens is 4. The Labute approximate surface area is 110 Å². The van der Waals surface area contributed by atoms with Crippen molar-refractivity contribution in [3.63, 3.8) is 0 Å². The standard InChI is InChI=1S/C11H11BrF3NO2/c1-2-18-9(17)4-6-3-7(12)5-8(16)10(6)11(13,14)15/h3,5H,2,4,16H2,1H3. The smallest absolute Gasteiger partial charge is 0.418 e. The molecule has 0 aliphatic rings. The Bertz CT molecular complexity index is 460. The molecule has 0 spiro atoms. The van der Waals surface area contributed by atoms with Crippen molar-refractivity contribution in [1.29, 1.82) is 0 Å². The van der Waals surface area contributed by atoms with Crippen molar-refractivity contribution >= 4 is 27.6 Å². The third kappa shape index (κ3) is 3.63. The monoisotopic (exact) mass is 325 g/mol. The second-order valence-electron chi connectivity index (χ2n) is 3.51. The van der Waals surface area contributed by atoms with Crippen molar-refractivity contribution in [2.45, 2.75) is 19.5 Å². The number of carbonyl (C=O) groups is 1. The Hall–Kier alpha value is -1.24. The summed E-state index contributed by atoms with van der Waals surface area (Å²) in [5.41, 5.74) is 3.75. The van der Waals surface area contributed by atoms with Gasteiger partial charge in [0.2, 0.25) is 0 Å². The van der Waals surface area contributed by atoms with Gasteiger partial charge in [-0.25, -0.2) is 0 Å². The molecule has 18 heavy (non-hydrogen) atoms. The van der Waals surface area contributed by atoms with E-state index in [9.17, 15) is 18.0 Å². The van der Waals surface area contributed by atoms with Crippen LogP contribution in [-0.2, 0) is 22.1 Å². The van der Waals surface area contributed by atoms with E-state index in [1.807, 2.05) is 0 Å². The highest BCUT2D eigenvalue weighted by Gasteiger charge is 2.36.